The number of pyridine rings is 1. The Labute approximate surface area is 143 Å². The van der Waals surface area contributed by atoms with Crippen molar-refractivity contribution in [2.24, 2.45) is 0 Å². The first-order valence-electron chi connectivity index (χ1n) is 9.06. The second-order valence-electron chi connectivity index (χ2n) is 6.59. The van der Waals surface area contributed by atoms with Crippen molar-refractivity contribution in [2.45, 2.75) is 44.9 Å². The number of amides is 1. The van der Waals surface area contributed by atoms with Gasteiger partial charge in [0.1, 0.15) is 5.82 Å². The molecule has 1 fully saturated rings. The van der Waals surface area contributed by atoms with Crippen LogP contribution in [0.4, 0.5) is 0 Å². The smallest absolute Gasteiger partial charge is 0.234 e. The van der Waals surface area contributed by atoms with E-state index in [1.54, 1.807) is 0 Å². The number of piperidine rings is 1. The largest absolute Gasteiger partial charge is 0.355 e. The van der Waals surface area contributed by atoms with Crippen molar-refractivity contribution in [1.29, 1.82) is 0 Å². The number of rotatable bonds is 7. The Bertz CT molecular complexity index is 660. The lowest BCUT2D eigenvalue weighted by molar-refractivity contribution is -0.122. The number of nitrogens with zero attached hydrogens (tertiary/aromatic N) is 4. The molecule has 0 unspecified atom stereocenters. The molecule has 1 saturated heterocycles. The summed E-state index contributed by atoms with van der Waals surface area (Å²) in [6.45, 7) is 5.36. The van der Waals surface area contributed by atoms with E-state index in [9.17, 15) is 4.79 Å². The van der Waals surface area contributed by atoms with Crippen LogP contribution in [-0.4, -0.2) is 51.6 Å². The highest BCUT2D eigenvalue weighted by atomic mass is 16.2. The summed E-state index contributed by atoms with van der Waals surface area (Å²) >= 11 is 0. The summed E-state index contributed by atoms with van der Waals surface area (Å²) in [6, 6.07) is 5.97. The molecule has 3 heterocycles. The van der Waals surface area contributed by atoms with Gasteiger partial charge in [-0.05, 0) is 44.5 Å². The third kappa shape index (κ3) is 4.12. The predicted molar refractivity (Wildman–Crippen MR) is 93.9 cm³/mol. The van der Waals surface area contributed by atoms with Crippen LogP contribution in [0, 0.1) is 0 Å². The topological polar surface area (TPSA) is 62.5 Å². The average molecular weight is 329 g/mol. The van der Waals surface area contributed by atoms with Crippen molar-refractivity contribution in [3.63, 3.8) is 0 Å². The van der Waals surface area contributed by atoms with Gasteiger partial charge in [0.2, 0.25) is 5.91 Å². The van der Waals surface area contributed by atoms with Crippen molar-refractivity contribution in [1.82, 2.24) is 24.8 Å². The zero-order valence-electron chi connectivity index (χ0n) is 14.4. The molecule has 0 spiro atoms. The zero-order valence-corrected chi connectivity index (χ0v) is 14.4. The molecule has 1 aliphatic heterocycles. The summed E-state index contributed by atoms with van der Waals surface area (Å²) < 4.78 is 2.08. The Balaban J connectivity index is 1.46. The van der Waals surface area contributed by atoms with Crippen molar-refractivity contribution < 1.29 is 4.79 Å². The van der Waals surface area contributed by atoms with Crippen LogP contribution < -0.4 is 5.32 Å². The van der Waals surface area contributed by atoms with Gasteiger partial charge in [-0.15, -0.1) is 10.2 Å². The molecule has 0 aromatic carbocycles. The predicted octanol–water partition coefficient (Wildman–Crippen LogP) is 2.22. The number of fused-ring (bicyclic) bond motifs is 1. The quantitative estimate of drug-likeness (QED) is 0.791. The van der Waals surface area contributed by atoms with Crippen LogP contribution in [-0.2, 0) is 4.79 Å². The Morgan fingerprint density at radius 1 is 1.25 bits per heavy atom. The van der Waals surface area contributed by atoms with E-state index in [2.05, 4.69) is 31.7 Å². The molecular weight excluding hydrogens is 302 g/mol. The standard InChI is InChI=1S/C18H27N5O/c1-2-3-5-10-19-17(24)14-22-12-8-15(9-13-22)18-21-20-16-7-4-6-11-23(16)18/h4,6-7,11,15H,2-3,5,8-10,12-14H2,1H3,(H,19,24). The van der Waals surface area contributed by atoms with Gasteiger partial charge in [-0.25, -0.2) is 0 Å². The van der Waals surface area contributed by atoms with Gasteiger partial charge in [0.15, 0.2) is 5.65 Å². The van der Waals surface area contributed by atoms with E-state index < -0.39 is 0 Å². The zero-order chi connectivity index (χ0) is 16.8. The summed E-state index contributed by atoms with van der Waals surface area (Å²) in [4.78, 5) is 14.2. The van der Waals surface area contributed by atoms with Crippen molar-refractivity contribution in [2.75, 3.05) is 26.2 Å². The van der Waals surface area contributed by atoms with Crippen LogP contribution >= 0.6 is 0 Å². The fraction of sp³-hybridized carbons (Fsp3) is 0.611. The minimum atomic E-state index is 0.150. The van der Waals surface area contributed by atoms with Crippen LogP contribution in [0.3, 0.4) is 0 Å². The SMILES string of the molecule is CCCCCNC(=O)CN1CCC(c2nnc3ccccn23)CC1. The highest BCUT2D eigenvalue weighted by Crippen LogP contribution is 2.26. The lowest BCUT2D eigenvalue weighted by Gasteiger charge is -2.30. The van der Waals surface area contributed by atoms with Gasteiger partial charge >= 0.3 is 0 Å². The maximum Gasteiger partial charge on any atom is 0.234 e. The van der Waals surface area contributed by atoms with Gasteiger partial charge in [-0.3, -0.25) is 14.1 Å². The molecule has 2 aromatic heterocycles. The number of unbranched alkanes of at least 4 members (excludes halogenated alkanes) is 2. The van der Waals surface area contributed by atoms with E-state index in [4.69, 9.17) is 0 Å². The van der Waals surface area contributed by atoms with E-state index in [0.29, 0.717) is 12.5 Å². The summed E-state index contributed by atoms with van der Waals surface area (Å²) in [5.74, 6) is 1.62. The van der Waals surface area contributed by atoms with Crippen LogP contribution in [0.5, 0.6) is 0 Å². The highest BCUT2D eigenvalue weighted by molar-refractivity contribution is 5.77. The molecule has 130 valence electrons. The van der Waals surface area contributed by atoms with Gasteiger partial charge in [0, 0.05) is 18.7 Å². The lowest BCUT2D eigenvalue weighted by atomic mass is 9.96. The molecular formula is C18H27N5O. The Morgan fingerprint density at radius 3 is 2.88 bits per heavy atom. The number of carbonyl (C=O) groups excluding carboxylic acids is 1. The van der Waals surface area contributed by atoms with Gasteiger partial charge in [-0.2, -0.15) is 0 Å². The molecule has 3 rings (SSSR count). The number of likely N-dealkylation sites (tertiary alicyclic amines) is 1. The van der Waals surface area contributed by atoms with Crippen LogP contribution in [0.2, 0.25) is 0 Å². The average Bonchev–Trinajstić information content (AvgIpc) is 3.04. The number of aromatic nitrogens is 3. The van der Waals surface area contributed by atoms with Crippen molar-refractivity contribution >= 4 is 11.6 Å². The number of carbonyl (C=O) groups is 1. The van der Waals surface area contributed by atoms with Crippen LogP contribution in [0.15, 0.2) is 24.4 Å². The van der Waals surface area contributed by atoms with E-state index in [0.717, 1.165) is 50.4 Å². The number of hydrogen-bond donors (Lipinski definition) is 1. The highest BCUT2D eigenvalue weighted by Gasteiger charge is 2.25. The molecule has 24 heavy (non-hydrogen) atoms. The summed E-state index contributed by atoms with van der Waals surface area (Å²) in [6.07, 6.45) is 7.52. The molecule has 6 heteroatoms. The van der Waals surface area contributed by atoms with Gasteiger partial charge in [0.25, 0.3) is 0 Å². The summed E-state index contributed by atoms with van der Waals surface area (Å²) in [7, 11) is 0. The van der Waals surface area contributed by atoms with E-state index in [1.807, 2.05) is 24.4 Å². The first-order valence-corrected chi connectivity index (χ1v) is 9.06. The molecule has 1 amide bonds. The molecule has 0 atom stereocenters. The van der Waals surface area contributed by atoms with Gasteiger partial charge in [-0.1, -0.05) is 25.8 Å². The normalized spacial score (nSPS) is 16.5. The molecule has 2 aromatic rings. The first-order chi connectivity index (χ1) is 11.8. The molecule has 1 N–H and O–H groups in total. The van der Waals surface area contributed by atoms with Gasteiger partial charge < -0.3 is 5.32 Å². The van der Waals surface area contributed by atoms with Crippen molar-refractivity contribution in [3.05, 3.63) is 30.2 Å². The second-order valence-corrected chi connectivity index (χ2v) is 6.59. The Kier molecular flexibility index (Phi) is 5.80. The maximum atomic E-state index is 12.0. The first kappa shape index (κ1) is 16.9. The van der Waals surface area contributed by atoms with E-state index in [1.165, 1.54) is 12.8 Å². The Morgan fingerprint density at radius 2 is 2.08 bits per heavy atom. The van der Waals surface area contributed by atoms with E-state index in [-0.39, 0.29) is 5.91 Å². The molecule has 0 saturated carbocycles. The third-order valence-electron chi connectivity index (χ3n) is 4.76. The minimum Gasteiger partial charge on any atom is -0.355 e. The fourth-order valence-corrected chi connectivity index (χ4v) is 3.35. The van der Waals surface area contributed by atoms with Crippen LogP contribution in [0.25, 0.3) is 5.65 Å². The molecule has 0 aliphatic carbocycles. The minimum absolute atomic E-state index is 0.150. The van der Waals surface area contributed by atoms with Crippen molar-refractivity contribution in [3.8, 4) is 0 Å². The molecule has 0 radical (unpaired) electrons. The fourth-order valence-electron chi connectivity index (χ4n) is 3.35. The monoisotopic (exact) mass is 329 g/mol. The number of nitrogens with one attached hydrogen (secondary N) is 1. The summed E-state index contributed by atoms with van der Waals surface area (Å²) in [5.41, 5.74) is 0.904. The lowest BCUT2D eigenvalue weighted by Crippen LogP contribution is -2.41. The third-order valence-corrected chi connectivity index (χ3v) is 4.76. The van der Waals surface area contributed by atoms with Gasteiger partial charge in [0.05, 0.1) is 6.54 Å². The molecule has 6 nitrogen and oxygen atoms in total. The maximum absolute atomic E-state index is 12.0. The second kappa shape index (κ2) is 8.24. The van der Waals surface area contributed by atoms with E-state index >= 15 is 0 Å². The summed E-state index contributed by atoms with van der Waals surface area (Å²) in [5, 5.41) is 11.6. The molecule has 0 bridgehead atoms. The molecule has 1 aliphatic rings. The Hall–Kier alpha value is -1.95. The number of hydrogen-bond acceptors (Lipinski definition) is 4. The van der Waals surface area contributed by atoms with Crippen LogP contribution in [0.1, 0.15) is 50.8 Å².